The number of hydrogen-bond acceptors (Lipinski definition) is 2. The highest BCUT2D eigenvalue weighted by atomic mass is 32.2. The molecule has 0 aromatic carbocycles. The van der Waals surface area contributed by atoms with E-state index in [0.29, 0.717) is 5.92 Å². The van der Waals surface area contributed by atoms with Gasteiger partial charge in [-0.1, -0.05) is 19.8 Å². The van der Waals surface area contributed by atoms with Crippen LogP contribution in [-0.4, -0.2) is 17.3 Å². The number of rotatable bonds is 4. The third-order valence-corrected chi connectivity index (χ3v) is 3.01. The molecule has 0 aromatic heterocycles. The molecule has 1 aliphatic rings. The van der Waals surface area contributed by atoms with Crippen LogP contribution in [0.1, 0.15) is 26.2 Å². The molecule has 0 bridgehead atoms. The van der Waals surface area contributed by atoms with Crippen molar-refractivity contribution in [2.75, 3.05) is 12.3 Å². The van der Waals surface area contributed by atoms with Crippen LogP contribution in [0.4, 0.5) is 0 Å². The second-order valence-electron chi connectivity index (χ2n) is 2.91. The van der Waals surface area contributed by atoms with E-state index < -0.39 is 0 Å². The maximum Gasteiger partial charge on any atom is 0.0707 e. The van der Waals surface area contributed by atoms with Crippen molar-refractivity contribution in [3.05, 3.63) is 6.92 Å². The number of thioether (sulfide) groups is 1. The Kier molecular flexibility index (Phi) is 3.98. The van der Waals surface area contributed by atoms with Gasteiger partial charge in [-0.25, -0.2) is 0 Å². The standard InChI is InChI=1S/C9H16NS/c1-3-4-5-8(2)9-10-6-7-11-9/h8H,2-7H2,1H3. The highest BCUT2D eigenvalue weighted by Crippen LogP contribution is 2.21. The average Bonchev–Trinajstić information content (AvgIpc) is 2.52. The smallest absolute Gasteiger partial charge is 0.0707 e. The van der Waals surface area contributed by atoms with Crippen molar-refractivity contribution >= 4 is 16.8 Å². The minimum atomic E-state index is 0.474. The average molecular weight is 170 g/mol. The Balaban J connectivity index is 2.23. The van der Waals surface area contributed by atoms with E-state index in [0.717, 1.165) is 6.54 Å². The highest BCUT2D eigenvalue weighted by molar-refractivity contribution is 8.14. The van der Waals surface area contributed by atoms with Gasteiger partial charge in [0, 0.05) is 18.2 Å². The summed E-state index contributed by atoms with van der Waals surface area (Å²) in [4.78, 5) is 4.41. The number of hydrogen-bond donors (Lipinski definition) is 0. The summed E-state index contributed by atoms with van der Waals surface area (Å²) in [6.45, 7) is 7.34. The van der Waals surface area contributed by atoms with E-state index in [1.54, 1.807) is 0 Å². The number of aliphatic imine (C=N–C) groups is 1. The molecule has 0 saturated carbocycles. The van der Waals surface area contributed by atoms with Gasteiger partial charge in [-0.05, 0) is 13.3 Å². The third-order valence-electron chi connectivity index (χ3n) is 1.86. The SMILES string of the molecule is [CH2]C(CCCC)C1=NCCS1. The minimum Gasteiger partial charge on any atom is -0.282 e. The van der Waals surface area contributed by atoms with Gasteiger partial charge in [-0.15, -0.1) is 11.8 Å². The van der Waals surface area contributed by atoms with Gasteiger partial charge in [-0.3, -0.25) is 4.99 Å². The summed E-state index contributed by atoms with van der Waals surface area (Å²) in [5.41, 5.74) is 0. The third kappa shape index (κ3) is 2.86. The minimum absolute atomic E-state index is 0.474. The van der Waals surface area contributed by atoms with Crippen LogP contribution in [0.3, 0.4) is 0 Å². The Hall–Kier alpha value is 0.0200. The first-order valence-electron chi connectivity index (χ1n) is 4.34. The molecule has 0 aromatic rings. The first kappa shape index (κ1) is 9.11. The fourth-order valence-electron chi connectivity index (χ4n) is 1.17. The van der Waals surface area contributed by atoms with Crippen LogP contribution < -0.4 is 0 Å². The lowest BCUT2D eigenvalue weighted by Gasteiger charge is -2.08. The molecular weight excluding hydrogens is 154 g/mol. The van der Waals surface area contributed by atoms with Gasteiger partial charge in [0.1, 0.15) is 0 Å². The largest absolute Gasteiger partial charge is 0.282 e. The molecular formula is C9H16NS. The van der Waals surface area contributed by atoms with Crippen molar-refractivity contribution in [2.45, 2.75) is 26.2 Å². The van der Waals surface area contributed by atoms with Crippen LogP contribution in [0.15, 0.2) is 4.99 Å². The first-order valence-corrected chi connectivity index (χ1v) is 5.33. The van der Waals surface area contributed by atoms with Crippen LogP contribution in [0.5, 0.6) is 0 Å². The molecule has 0 saturated heterocycles. The van der Waals surface area contributed by atoms with Crippen LogP contribution in [0, 0.1) is 12.8 Å². The monoisotopic (exact) mass is 170 g/mol. The van der Waals surface area contributed by atoms with Gasteiger partial charge < -0.3 is 0 Å². The van der Waals surface area contributed by atoms with Crippen LogP contribution in [0.25, 0.3) is 0 Å². The molecule has 1 unspecified atom stereocenters. The summed E-state index contributed by atoms with van der Waals surface area (Å²) in [6, 6.07) is 0. The zero-order chi connectivity index (χ0) is 8.10. The normalized spacial score (nSPS) is 20.0. The van der Waals surface area contributed by atoms with Gasteiger partial charge in [0.2, 0.25) is 0 Å². The Bertz CT molecular complexity index is 142. The molecule has 0 amide bonds. The predicted octanol–water partition coefficient (Wildman–Crippen LogP) is 2.77. The molecule has 2 heteroatoms. The maximum atomic E-state index is 4.41. The first-order chi connectivity index (χ1) is 5.34. The van der Waals surface area contributed by atoms with Crippen LogP contribution in [-0.2, 0) is 0 Å². The summed E-state index contributed by atoms with van der Waals surface area (Å²) in [6.07, 6.45) is 3.76. The Morgan fingerprint density at radius 2 is 2.55 bits per heavy atom. The van der Waals surface area contributed by atoms with E-state index in [9.17, 15) is 0 Å². The molecule has 0 N–H and O–H groups in total. The van der Waals surface area contributed by atoms with Crippen molar-refractivity contribution in [1.29, 1.82) is 0 Å². The fraction of sp³-hybridized carbons (Fsp3) is 0.778. The number of nitrogens with zero attached hydrogens (tertiary/aromatic N) is 1. The van der Waals surface area contributed by atoms with Gasteiger partial charge in [0.25, 0.3) is 0 Å². The zero-order valence-electron chi connectivity index (χ0n) is 7.18. The molecule has 11 heavy (non-hydrogen) atoms. The summed E-state index contributed by atoms with van der Waals surface area (Å²) < 4.78 is 0. The fourth-order valence-corrected chi connectivity index (χ4v) is 2.10. The van der Waals surface area contributed by atoms with E-state index in [1.807, 2.05) is 11.8 Å². The van der Waals surface area contributed by atoms with Crippen molar-refractivity contribution in [2.24, 2.45) is 10.9 Å². The molecule has 0 fully saturated rings. The van der Waals surface area contributed by atoms with Gasteiger partial charge in [0.15, 0.2) is 0 Å². The lowest BCUT2D eigenvalue weighted by molar-refractivity contribution is 0.667. The van der Waals surface area contributed by atoms with E-state index in [4.69, 9.17) is 0 Å². The lowest BCUT2D eigenvalue weighted by Crippen LogP contribution is -2.04. The van der Waals surface area contributed by atoms with Gasteiger partial charge in [0.05, 0.1) is 5.04 Å². The second kappa shape index (κ2) is 4.81. The highest BCUT2D eigenvalue weighted by Gasteiger charge is 2.13. The van der Waals surface area contributed by atoms with Crippen molar-refractivity contribution < 1.29 is 0 Å². The van der Waals surface area contributed by atoms with Crippen LogP contribution >= 0.6 is 11.8 Å². The summed E-state index contributed by atoms with van der Waals surface area (Å²) >= 11 is 1.89. The second-order valence-corrected chi connectivity index (χ2v) is 4.02. The molecule has 1 radical (unpaired) electrons. The molecule has 0 aliphatic carbocycles. The molecule has 1 rings (SSSR count). The Labute approximate surface area is 73.7 Å². The van der Waals surface area contributed by atoms with E-state index in [-0.39, 0.29) is 0 Å². The van der Waals surface area contributed by atoms with E-state index in [1.165, 1.54) is 30.1 Å². The van der Waals surface area contributed by atoms with Gasteiger partial charge >= 0.3 is 0 Å². The zero-order valence-corrected chi connectivity index (χ0v) is 7.99. The van der Waals surface area contributed by atoms with E-state index >= 15 is 0 Å². The summed E-state index contributed by atoms with van der Waals surface area (Å²) in [7, 11) is 0. The molecule has 1 atom stereocenters. The quantitative estimate of drug-likeness (QED) is 0.632. The number of unbranched alkanes of at least 4 members (excludes halogenated alkanes) is 1. The maximum absolute atomic E-state index is 4.41. The van der Waals surface area contributed by atoms with Crippen molar-refractivity contribution in [1.82, 2.24) is 0 Å². The molecule has 0 spiro atoms. The Morgan fingerprint density at radius 1 is 1.73 bits per heavy atom. The lowest BCUT2D eigenvalue weighted by atomic mass is 10.1. The van der Waals surface area contributed by atoms with Crippen LogP contribution in [0.2, 0.25) is 0 Å². The predicted molar refractivity (Wildman–Crippen MR) is 53.1 cm³/mol. The van der Waals surface area contributed by atoms with Gasteiger partial charge in [-0.2, -0.15) is 0 Å². The molecule has 63 valence electrons. The molecule has 1 aliphatic heterocycles. The summed E-state index contributed by atoms with van der Waals surface area (Å²) in [5.74, 6) is 1.65. The van der Waals surface area contributed by atoms with E-state index in [2.05, 4.69) is 18.8 Å². The molecule has 1 heterocycles. The summed E-state index contributed by atoms with van der Waals surface area (Å²) in [5, 5.41) is 1.29. The topological polar surface area (TPSA) is 12.4 Å². The van der Waals surface area contributed by atoms with Crippen molar-refractivity contribution in [3.63, 3.8) is 0 Å². The Morgan fingerprint density at radius 3 is 3.09 bits per heavy atom. The van der Waals surface area contributed by atoms with Crippen molar-refractivity contribution in [3.8, 4) is 0 Å². The molecule has 1 nitrogen and oxygen atoms in total.